The predicted octanol–water partition coefficient (Wildman–Crippen LogP) is 8.11. The van der Waals surface area contributed by atoms with E-state index in [1.807, 2.05) is 71.0 Å². The van der Waals surface area contributed by atoms with Crippen molar-refractivity contribution in [3.05, 3.63) is 113 Å². The molecule has 1 amide bonds. The lowest BCUT2D eigenvalue weighted by Crippen LogP contribution is -2.47. The molecule has 5 N–H and O–H groups in total. The molecule has 1 heterocycles. The number of alkyl carbamates (subject to hydrolysis) is 1. The highest BCUT2D eigenvalue weighted by atomic mass is 19.1. The minimum absolute atomic E-state index is 0.118. The maximum Gasteiger partial charge on any atom is 0.408 e. The first-order valence-corrected chi connectivity index (χ1v) is 16.5. The fourth-order valence-electron chi connectivity index (χ4n) is 5.25. The second-order valence-electron chi connectivity index (χ2n) is 13.8. The lowest BCUT2D eigenvalue weighted by molar-refractivity contribution is 0.0472. The number of rotatable bonds is 12. The van der Waals surface area contributed by atoms with Crippen LogP contribution in [0.4, 0.5) is 25.1 Å². The molecule has 3 aromatic rings. The van der Waals surface area contributed by atoms with Crippen LogP contribution in [0.2, 0.25) is 0 Å². The Balaban J connectivity index is 1.64. The Morgan fingerprint density at radius 1 is 1.12 bits per heavy atom. The number of benzene rings is 2. The molecule has 1 aliphatic rings. The maximum absolute atomic E-state index is 14.8. The molecule has 4 rings (SSSR count). The third kappa shape index (κ3) is 10.9. The zero-order valence-corrected chi connectivity index (χ0v) is 29.4. The van der Waals surface area contributed by atoms with E-state index in [0.717, 1.165) is 17.7 Å². The van der Waals surface area contributed by atoms with Gasteiger partial charge in [0, 0.05) is 59.3 Å². The first-order chi connectivity index (χ1) is 23.1. The first-order valence-electron chi connectivity index (χ1n) is 16.5. The second kappa shape index (κ2) is 16.1. The molecule has 0 aliphatic heterocycles. The van der Waals surface area contributed by atoms with Gasteiger partial charge < -0.3 is 31.2 Å². The predicted molar refractivity (Wildman–Crippen MR) is 190 cm³/mol. The van der Waals surface area contributed by atoms with Crippen LogP contribution >= 0.6 is 0 Å². The summed E-state index contributed by atoms with van der Waals surface area (Å²) in [5, 5.41) is 9.54. The quantitative estimate of drug-likeness (QED) is 0.152. The van der Waals surface area contributed by atoms with Crippen molar-refractivity contribution < 1.29 is 23.0 Å². The van der Waals surface area contributed by atoms with Crippen molar-refractivity contribution in [1.82, 2.24) is 15.3 Å². The summed E-state index contributed by atoms with van der Waals surface area (Å²) in [7, 11) is 0. The van der Waals surface area contributed by atoms with Gasteiger partial charge in [0.25, 0.3) is 0 Å². The molecule has 11 heteroatoms. The number of carbonyl (C=O) groups is 1. The van der Waals surface area contributed by atoms with Crippen molar-refractivity contribution in [3.8, 4) is 5.75 Å². The van der Waals surface area contributed by atoms with Gasteiger partial charge in [-0.2, -0.15) is 0 Å². The van der Waals surface area contributed by atoms with E-state index in [1.54, 1.807) is 19.2 Å². The SMILES string of the molecule is CCOc1cc(F)c(CNc2ccccc2C(N)c2ncc(CC(C)(C)NC(=O)OC(C)(C)C)c(NC3=C/C=C/CC(C)/C=C\3)n2)c(F)c1. The summed E-state index contributed by atoms with van der Waals surface area (Å²) in [6.07, 6.45) is 12.7. The Bertz CT molecular complexity index is 1690. The van der Waals surface area contributed by atoms with Gasteiger partial charge in [-0.15, -0.1) is 0 Å². The van der Waals surface area contributed by atoms with Gasteiger partial charge in [-0.1, -0.05) is 43.4 Å². The topological polar surface area (TPSA) is 123 Å². The molecule has 49 heavy (non-hydrogen) atoms. The van der Waals surface area contributed by atoms with Gasteiger partial charge in [-0.25, -0.2) is 23.5 Å². The highest BCUT2D eigenvalue weighted by Crippen LogP contribution is 2.29. The Morgan fingerprint density at radius 3 is 2.53 bits per heavy atom. The monoisotopic (exact) mass is 674 g/mol. The molecule has 0 saturated carbocycles. The molecule has 0 fully saturated rings. The minimum atomic E-state index is -0.789. The number of amides is 1. The van der Waals surface area contributed by atoms with Crippen molar-refractivity contribution >= 4 is 17.6 Å². The third-order valence-corrected chi connectivity index (χ3v) is 7.60. The largest absolute Gasteiger partial charge is 0.494 e. The van der Waals surface area contributed by atoms with Crippen LogP contribution in [0.15, 0.2) is 78.7 Å². The molecule has 2 atom stereocenters. The van der Waals surface area contributed by atoms with Crippen molar-refractivity contribution in [2.24, 2.45) is 11.7 Å². The van der Waals surface area contributed by atoms with E-state index in [9.17, 15) is 13.6 Å². The van der Waals surface area contributed by atoms with E-state index in [1.165, 1.54) is 12.1 Å². The van der Waals surface area contributed by atoms with Crippen molar-refractivity contribution in [2.45, 2.75) is 85.0 Å². The number of para-hydroxylation sites is 1. The van der Waals surface area contributed by atoms with Gasteiger partial charge in [0.15, 0.2) is 5.82 Å². The number of allylic oxidation sites excluding steroid dienone is 5. The molecule has 1 aromatic heterocycles. The molecule has 0 spiro atoms. The van der Waals surface area contributed by atoms with E-state index < -0.39 is 34.9 Å². The summed E-state index contributed by atoms with van der Waals surface area (Å²) in [6.45, 7) is 13.3. The molecular formula is C38H48F2N6O3. The third-order valence-electron chi connectivity index (χ3n) is 7.60. The maximum atomic E-state index is 14.8. The summed E-state index contributed by atoms with van der Waals surface area (Å²) < 4.78 is 40.4. The van der Waals surface area contributed by atoms with Gasteiger partial charge in [-0.3, -0.25) is 0 Å². The van der Waals surface area contributed by atoms with Crippen molar-refractivity contribution in [1.29, 1.82) is 0 Å². The van der Waals surface area contributed by atoms with Crippen LogP contribution < -0.4 is 26.4 Å². The molecule has 2 aromatic carbocycles. The van der Waals surface area contributed by atoms with E-state index >= 15 is 0 Å². The molecule has 0 bridgehead atoms. The summed E-state index contributed by atoms with van der Waals surface area (Å²) >= 11 is 0. The molecule has 262 valence electrons. The Kier molecular flexibility index (Phi) is 12.2. The zero-order valence-electron chi connectivity index (χ0n) is 29.4. The Morgan fingerprint density at radius 2 is 1.84 bits per heavy atom. The van der Waals surface area contributed by atoms with Gasteiger partial charge >= 0.3 is 6.09 Å². The van der Waals surface area contributed by atoms with Crippen molar-refractivity contribution in [2.75, 3.05) is 17.2 Å². The zero-order chi connectivity index (χ0) is 35.8. The van der Waals surface area contributed by atoms with Crippen LogP contribution in [0, 0.1) is 17.6 Å². The highest BCUT2D eigenvalue weighted by Gasteiger charge is 2.27. The number of hydrogen-bond donors (Lipinski definition) is 4. The molecule has 1 aliphatic carbocycles. The summed E-state index contributed by atoms with van der Waals surface area (Å²) in [4.78, 5) is 22.2. The summed E-state index contributed by atoms with van der Waals surface area (Å²) in [5.74, 6) is -0.0660. The summed E-state index contributed by atoms with van der Waals surface area (Å²) in [6, 6.07) is 8.80. The lowest BCUT2D eigenvalue weighted by atomic mass is 9.95. The minimum Gasteiger partial charge on any atom is -0.494 e. The van der Waals surface area contributed by atoms with Crippen LogP contribution in [0.1, 0.15) is 83.4 Å². The first kappa shape index (κ1) is 37.1. The number of nitrogens with zero attached hydrogens (tertiary/aromatic N) is 2. The molecule has 9 nitrogen and oxygen atoms in total. The van der Waals surface area contributed by atoms with Crippen LogP contribution in [0.25, 0.3) is 0 Å². The highest BCUT2D eigenvalue weighted by molar-refractivity contribution is 5.69. The number of halogens is 2. The normalized spacial score (nSPS) is 17.8. The van der Waals surface area contributed by atoms with Crippen LogP contribution in [-0.4, -0.2) is 33.8 Å². The smallest absolute Gasteiger partial charge is 0.408 e. The van der Waals surface area contributed by atoms with Gasteiger partial charge in [0.05, 0.1) is 12.6 Å². The van der Waals surface area contributed by atoms with Gasteiger partial charge in [0.2, 0.25) is 0 Å². The number of ether oxygens (including phenoxy) is 2. The van der Waals surface area contributed by atoms with E-state index in [-0.39, 0.29) is 17.9 Å². The standard InChI is InChI=1S/C38H48F2N6O3/c1-8-48-27-19-30(39)29(31(40)20-27)23-42-32-16-12-11-15-28(32)33(41)35-43-22-25(21-38(6,7)46-36(47)49-37(3,4)5)34(45-35)44-26-14-10-9-13-24(2)17-18-26/h9-12,14-20,22,24,33,42H,8,13,21,23,41H2,1-7H3,(H,46,47)(H,43,44,45)/b10-9+,18-17-,26-14+. The number of nitrogens with one attached hydrogen (secondary N) is 3. The van der Waals surface area contributed by atoms with E-state index in [2.05, 4.69) is 40.0 Å². The van der Waals surface area contributed by atoms with Crippen LogP contribution in [0.3, 0.4) is 0 Å². The lowest BCUT2D eigenvalue weighted by Gasteiger charge is -2.29. The average molecular weight is 675 g/mol. The van der Waals surface area contributed by atoms with Gasteiger partial charge in [0.1, 0.15) is 28.8 Å². The van der Waals surface area contributed by atoms with E-state index in [0.29, 0.717) is 41.8 Å². The summed E-state index contributed by atoms with van der Waals surface area (Å²) in [5.41, 5.74) is 8.11. The molecule has 0 saturated heterocycles. The second-order valence-corrected chi connectivity index (χ2v) is 13.8. The van der Waals surface area contributed by atoms with Gasteiger partial charge in [-0.05, 0) is 77.7 Å². The molecule has 2 unspecified atom stereocenters. The Labute approximate surface area is 288 Å². The number of hydrogen-bond acceptors (Lipinski definition) is 8. The Hall–Kier alpha value is -4.77. The van der Waals surface area contributed by atoms with Crippen LogP contribution in [-0.2, 0) is 17.7 Å². The number of anilines is 2. The van der Waals surface area contributed by atoms with Crippen LogP contribution in [0.5, 0.6) is 5.75 Å². The average Bonchev–Trinajstić information content (AvgIpc) is 2.99. The fourth-order valence-corrected chi connectivity index (χ4v) is 5.25. The number of carbonyl (C=O) groups excluding carboxylic acids is 1. The number of aromatic nitrogens is 2. The fraction of sp³-hybridized carbons (Fsp3) is 0.395. The van der Waals surface area contributed by atoms with Crippen molar-refractivity contribution in [3.63, 3.8) is 0 Å². The molecule has 0 radical (unpaired) electrons. The van der Waals surface area contributed by atoms with E-state index in [4.69, 9.17) is 20.2 Å². The molecular weight excluding hydrogens is 626 g/mol. The number of nitrogens with two attached hydrogens (primary N) is 1.